The molecule has 2 aromatic rings. The van der Waals surface area contributed by atoms with E-state index in [2.05, 4.69) is 10.6 Å². The molecule has 1 aliphatic heterocycles. The number of hydrogen-bond donors (Lipinski definition) is 2. The second-order valence-electron chi connectivity index (χ2n) is 6.59. The first kappa shape index (κ1) is 18.6. The van der Waals surface area contributed by atoms with Gasteiger partial charge in [0.05, 0.1) is 5.92 Å². The Kier molecular flexibility index (Phi) is 5.21. The van der Waals surface area contributed by atoms with Gasteiger partial charge in [-0.1, -0.05) is 12.1 Å². The summed E-state index contributed by atoms with van der Waals surface area (Å²) in [6.07, 6.45) is 0.0739. The molecule has 3 amide bonds. The molecular weight excluding hydrogens is 349 g/mol. The largest absolute Gasteiger partial charge is 0.326 e. The molecule has 1 fully saturated rings. The molecule has 6 nitrogen and oxygen atoms in total. The SMILES string of the molecule is CC(=O)Nc1cccc(N2C[C@@H](C(=O)Nc3ccc(C)c(F)c3)CC2=O)c1. The van der Waals surface area contributed by atoms with Gasteiger partial charge in [0.25, 0.3) is 0 Å². The number of amides is 3. The minimum atomic E-state index is -0.536. The molecule has 3 rings (SSSR count). The summed E-state index contributed by atoms with van der Waals surface area (Å²) in [6, 6.07) is 11.4. The second-order valence-corrected chi connectivity index (χ2v) is 6.59. The third-order valence-corrected chi connectivity index (χ3v) is 4.41. The van der Waals surface area contributed by atoms with E-state index < -0.39 is 11.7 Å². The van der Waals surface area contributed by atoms with Crippen molar-refractivity contribution in [2.24, 2.45) is 5.92 Å². The van der Waals surface area contributed by atoms with Crippen LogP contribution in [0.4, 0.5) is 21.5 Å². The fraction of sp³-hybridized carbons (Fsp3) is 0.250. The first-order chi connectivity index (χ1) is 12.8. The van der Waals surface area contributed by atoms with Crippen molar-refractivity contribution in [3.8, 4) is 0 Å². The van der Waals surface area contributed by atoms with Crippen molar-refractivity contribution in [2.45, 2.75) is 20.3 Å². The summed E-state index contributed by atoms with van der Waals surface area (Å²) in [5, 5.41) is 5.34. The van der Waals surface area contributed by atoms with Gasteiger partial charge in [-0.15, -0.1) is 0 Å². The first-order valence-corrected chi connectivity index (χ1v) is 8.58. The summed E-state index contributed by atoms with van der Waals surface area (Å²) in [5.74, 6) is -1.64. The Morgan fingerprint density at radius 1 is 1.11 bits per heavy atom. The molecule has 1 heterocycles. The lowest BCUT2D eigenvalue weighted by atomic mass is 10.1. The number of anilines is 3. The summed E-state index contributed by atoms with van der Waals surface area (Å²) in [5.41, 5.74) is 2.05. The first-order valence-electron chi connectivity index (χ1n) is 8.58. The summed E-state index contributed by atoms with van der Waals surface area (Å²) in [6.45, 7) is 3.27. The summed E-state index contributed by atoms with van der Waals surface area (Å²) >= 11 is 0. The van der Waals surface area contributed by atoms with Crippen LogP contribution in [0.5, 0.6) is 0 Å². The molecular formula is C20H20FN3O3. The number of carbonyl (C=O) groups excluding carboxylic acids is 3. The number of nitrogens with one attached hydrogen (secondary N) is 2. The van der Waals surface area contributed by atoms with E-state index in [1.165, 1.54) is 17.9 Å². The van der Waals surface area contributed by atoms with Crippen LogP contribution < -0.4 is 15.5 Å². The van der Waals surface area contributed by atoms with Crippen molar-refractivity contribution in [2.75, 3.05) is 22.1 Å². The van der Waals surface area contributed by atoms with E-state index in [0.29, 0.717) is 22.6 Å². The molecule has 140 valence electrons. The van der Waals surface area contributed by atoms with Gasteiger partial charge in [-0.2, -0.15) is 0 Å². The Morgan fingerprint density at radius 2 is 1.85 bits per heavy atom. The average molecular weight is 369 g/mol. The zero-order valence-electron chi connectivity index (χ0n) is 15.1. The van der Waals surface area contributed by atoms with E-state index in [-0.39, 0.29) is 30.7 Å². The van der Waals surface area contributed by atoms with Gasteiger partial charge in [0, 0.05) is 37.0 Å². The number of nitrogens with zero attached hydrogens (tertiary/aromatic N) is 1. The van der Waals surface area contributed by atoms with Crippen LogP contribution in [0.3, 0.4) is 0 Å². The van der Waals surface area contributed by atoms with Crippen molar-refractivity contribution in [3.05, 3.63) is 53.8 Å². The maximum Gasteiger partial charge on any atom is 0.229 e. The average Bonchev–Trinajstić information content (AvgIpc) is 3.00. The predicted molar refractivity (Wildman–Crippen MR) is 101 cm³/mol. The van der Waals surface area contributed by atoms with Crippen LogP contribution in [0.15, 0.2) is 42.5 Å². The highest BCUT2D eigenvalue weighted by molar-refractivity contribution is 6.04. The highest BCUT2D eigenvalue weighted by Crippen LogP contribution is 2.28. The monoisotopic (exact) mass is 369 g/mol. The number of carbonyl (C=O) groups is 3. The summed E-state index contributed by atoms with van der Waals surface area (Å²) in [7, 11) is 0. The van der Waals surface area contributed by atoms with Gasteiger partial charge in [-0.3, -0.25) is 14.4 Å². The molecule has 0 radical (unpaired) electrons. The van der Waals surface area contributed by atoms with Crippen LogP contribution >= 0.6 is 0 Å². The van der Waals surface area contributed by atoms with E-state index in [0.717, 1.165) is 0 Å². The molecule has 0 aromatic heterocycles. The normalized spacial score (nSPS) is 16.3. The van der Waals surface area contributed by atoms with Gasteiger partial charge in [0.1, 0.15) is 5.82 Å². The van der Waals surface area contributed by atoms with Crippen LogP contribution in [0, 0.1) is 18.7 Å². The predicted octanol–water partition coefficient (Wildman–Crippen LogP) is 3.08. The third-order valence-electron chi connectivity index (χ3n) is 4.41. The standard InChI is InChI=1S/C20H20FN3O3/c1-12-6-7-16(10-18(12)21)23-20(27)14-8-19(26)24(11-14)17-5-3-4-15(9-17)22-13(2)25/h3-7,9-10,14H,8,11H2,1-2H3,(H,22,25)(H,23,27)/t14-/m0/s1. The molecule has 7 heteroatoms. The second kappa shape index (κ2) is 7.57. The highest BCUT2D eigenvalue weighted by atomic mass is 19.1. The number of benzene rings is 2. The molecule has 1 saturated heterocycles. The van der Waals surface area contributed by atoms with Crippen LogP contribution in [-0.2, 0) is 14.4 Å². The van der Waals surface area contributed by atoms with E-state index in [1.54, 1.807) is 43.3 Å². The van der Waals surface area contributed by atoms with E-state index in [9.17, 15) is 18.8 Å². The molecule has 0 saturated carbocycles. The van der Waals surface area contributed by atoms with Crippen molar-refractivity contribution in [1.29, 1.82) is 0 Å². The fourth-order valence-corrected chi connectivity index (χ4v) is 3.00. The fourth-order valence-electron chi connectivity index (χ4n) is 3.00. The molecule has 27 heavy (non-hydrogen) atoms. The topological polar surface area (TPSA) is 78.5 Å². The zero-order chi connectivity index (χ0) is 19.6. The number of rotatable bonds is 4. The Labute approximate surface area is 156 Å². The highest BCUT2D eigenvalue weighted by Gasteiger charge is 2.35. The molecule has 0 aliphatic carbocycles. The zero-order valence-corrected chi connectivity index (χ0v) is 15.1. The maximum atomic E-state index is 13.6. The van der Waals surface area contributed by atoms with Crippen molar-refractivity contribution >= 4 is 34.8 Å². The molecule has 0 bridgehead atoms. The van der Waals surface area contributed by atoms with Gasteiger partial charge in [0.15, 0.2) is 0 Å². The van der Waals surface area contributed by atoms with Crippen LogP contribution in [0.1, 0.15) is 18.9 Å². The molecule has 2 N–H and O–H groups in total. The molecule has 0 spiro atoms. The van der Waals surface area contributed by atoms with Crippen molar-refractivity contribution < 1.29 is 18.8 Å². The van der Waals surface area contributed by atoms with Crippen LogP contribution in [0.25, 0.3) is 0 Å². The van der Waals surface area contributed by atoms with E-state index in [1.807, 2.05) is 0 Å². The quantitative estimate of drug-likeness (QED) is 0.869. The number of hydrogen-bond acceptors (Lipinski definition) is 3. The Hall–Kier alpha value is -3.22. The van der Waals surface area contributed by atoms with Crippen molar-refractivity contribution in [1.82, 2.24) is 0 Å². The van der Waals surface area contributed by atoms with Gasteiger partial charge < -0.3 is 15.5 Å². The lowest BCUT2D eigenvalue weighted by Crippen LogP contribution is -2.28. The van der Waals surface area contributed by atoms with Gasteiger partial charge >= 0.3 is 0 Å². The summed E-state index contributed by atoms with van der Waals surface area (Å²) < 4.78 is 13.6. The van der Waals surface area contributed by atoms with Gasteiger partial charge in [-0.05, 0) is 42.8 Å². The van der Waals surface area contributed by atoms with Crippen LogP contribution in [0.2, 0.25) is 0 Å². The molecule has 1 aliphatic rings. The third kappa shape index (κ3) is 4.31. The number of aryl methyl sites for hydroxylation is 1. The smallest absolute Gasteiger partial charge is 0.229 e. The lowest BCUT2D eigenvalue weighted by molar-refractivity contribution is -0.122. The van der Waals surface area contributed by atoms with E-state index in [4.69, 9.17) is 0 Å². The minimum absolute atomic E-state index is 0.0739. The molecule has 2 aromatic carbocycles. The minimum Gasteiger partial charge on any atom is -0.326 e. The van der Waals surface area contributed by atoms with Crippen LogP contribution in [-0.4, -0.2) is 24.3 Å². The van der Waals surface area contributed by atoms with Crippen molar-refractivity contribution in [3.63, 3.8) is 0 Å². The molecule has 0 unspecified atom stereocenters. The molecule has 1 atom stereocenters. The van der Waals surface area contributed by atoms with E-state index >= 15 is 0 Å². The Bertz CT molecular complexity index is 913. The Balaban J connectivity index is 1.70. The Morgan fingerprint density at radius 3 is 2.56 bits per heavy atom. The lowest BCUT2D eigenvalue weighted by Gasteiger charge is -2.18. The van der Waals surface area contributed by atoms with Gasteiger partial charge in [-0.25, -0.2) is 4.39 Å². The maximum absolute atomic E-state index is 13.6. The van der Waals surface area contributed by atoms with Gasteiger partial charge in [0.2, 0.25) is 17.7 Å². The summed E-state index contributed by atoms with van der Waals surface area (Å²) in [4.78, 5) is 37.6. The number of halogens is 1.